The lowest BCUT2D eigenvalue weighted by atomic mass is 9.86. The Bertz CT molecular complexity index is 1350. The number of benzene rings is 2. The van der Waals surface area contributed by atoms with Gasteiger partial charge in [0, 0.05) is 12.6 Å². The molecule has 2 N–H and O–H groups in total. The average molecular weight is 559 g/mol. The fourth-order valence-corrected chi connectivity index (χ4v) is 7.84. The number of aliphatic carboxylic acids is 1. The molecule has 1 saturated heterocycles. The molecule has 0 bridgehead atoms. The van der Waals surface area contributed by atoms with Gasteiger partial charge in [0.05, 0.1) is 19.8 Å². The third kappa shape index (κ3) is 5.77. The predicted octanol–water partition coefficient (Wildman–Crippen LogP) is 3.99. The number of sulfonamides is 1. The molecule has 0 radical (unpaired) electrons. The molecule has 0 spiro atoms. The molecule has 0 unspecified atom stereocenters. The molecule has 9 nitrogen and oxygen atoms in total. The second-order valence-electron chi connectivity index (χ2n) is 11.3. The molecule has 2 aromatic carbocycles. The van der Waals surface area contributed by atoms with Crippen molar-refractivity contribution in [2.75, 3.05) is 20.8 Å². The van der Waals surface area contributed by atoms with Crippen LogP contribution < -0.4 is 14.8 Å². The normalized spacial score (nSPS) is 21.4. The van der Waals surface area contributed by atoms with Gasteiger partial charge in [-0.1, -0.05) is 39.3 Å². The SMILES string of the molecule is COc1ccc(C(C)(C)C)cc1C(=O)NCCc1ccc(OC)c(S(=O)(=O)N2[C@@H](C(=O)O)C[C@H]3CCC[C@H]32)c1. The number of fused-ring (bicyclic) bond motifs is 1. The lowest BCUT2D eigenvalue weighted by Gasteiger charge is -2.27. The number of carbonyl (C=O) groups excluding carboxylic acids is 1. The van der Waals surface area contributed by atoms with E-state index >= 15 is 0 Å². The molecule has 3 atom stereocenters. The highest BCUT2D eigenvalue weighted by molar-refractivity contribution is 7.89. The molecular formula is C29H38N2O7S. The first kappa shape index (κ1) is 28.9. The monoisotopic (exact) mass is 558 g/mol. The van der Waals surface area contributed by atoms with Crippen molar-refractivity contribution >= 4 is 21.9 Å². The molecule has 10 heteroatoms. The van der Waals surface area contributed by atoms with Crippen LogP contribution in [0.25, 0.3) is 0 Å². The second-order valence-corrected chi connectivity index (χ2v) is 13.2. The Morgan fingerprint density at radius 2 is 1.74 bits per heavy atom. The Kier molecular flexibility index (Phi) is 8.28. The highest BCUT2D eigenvalue weighted by Crippen LogP contribution is 2.45. The second kappa shape index (κ2) is 11.2. The Morgan fingerprint density at radius 1 is 1.05 bits per heavy atom. The topological polar surface area (TPSA) is 122 Å². The molecule has 2 aliphatic rings. The lowest BCUT2D eigenvalue weighted by molar-refractivity contribution is -0.141. The van der Waals surface area contributed by atoms with Crippen molar-refractivity contribution in [3.05, 3.63) is 53.1 Å². The minimum absolute atomic E-state index is 0.0489. The van der Waals surface area contributed by atoms with Gasteiger partial charge in [-0.15, -0.1) is 0 Å². The number of hydrogen-bond acceptors (Lipinski definition) is 6. The van der Waals surface area contributed by atoms with Crippen LogP contribution in [0.3, 0.4) is 0 Å². The first-order valence-corrected chi connectivity index (χ1v) is 14.7. The maximum Gasteiger partial charge on any atom is 0.322 e. The molecule has 2 fully saturated rings. The van der Waals surface area contributed by atoms with E-state index < -0.39 is 22.0 Å². The van der Waals surface area contributed by atoms with Gasteiger partial charge >= 0.3 is 5.97 Å². The number of carbonyl (C=O) groups is 2. The summed E-state index contributed by atoms with van der Waals surface area (Å²) in [5, 5.41) is 12.7. The Labute approximate surface area is 230 Å². The summed E-state index contributed by atoms with van der Waals surface area (Å²) in [6.07, 6.45) is 3.07. The molecule has 0 aromatic heterocycles. The van der Waals surface area contributed by atoms with Gasteiger partial charge < -0.3 is 19.9 Å². The van der Waals surface area contributed by atoms with Crippen molar-refractivity contribution in [2.45, 2.75) is 75.3 Å². The van der Waals surface area contributed by atoms with Gasteiger partial charge in [-0.05, 0) is 72.4 Å². The van der Waals surface area contributed by atoms with Crippen molar-refractivity contribution in [1.29, 1.82) is 0 Å². The first-order chi connectivity index (χ1) is 18.4. The van der Waals surface area contributed by atoms with Crippen LogP contribution in [0.2, 0.25) is 0 Å². The van der Waals surface area contributed by atoms with Gasteiger partial charge in [0.25, 0.3) is 5.91 Å². The number of ether oxygens (including phenoxy) is 2. The van der Waals surface area contributed by atoms with Crippen molar-refractivity contribution in [3.63, 3.8) is 0 Å². The Hall–Kier alpha value is -3.11. The van der Waals surface area contributed by atoms with E-state index in [9.17, 15) is 23.1 Å². The summed E-state index contributed by atoms with van der Waals surface area (Å²) < 4.78 is 39.7. The van der Waals surface area contributed by atoms with E-state index in [0.717, 1.165) is 18.4 Å². The molecule has 1 aliphatic carbocycles. The molecule has 1 amide bonds. The summed E-state index contributed by atoms with van der Waals surface area (Å²) in [4.78, 5) is 25.0. The van der Waals surface area contributed by atoms with E-state index in [2.05, 4.69) is 26.1 Å². The number of methoxy groups -OCH3 is 2. The van der Waals surface area contributed by atoms with E-state index in [1.54, 1.807) is 18.2 Å². The fourth-order valence-electron chi connectivity index (χ4n) is 5.76. The lowest BCUT2D eigenvalue weighted by Crippen LogP contribution is -2.44. The third-order valence-electron chi connectivity index (χ3n) is 7.86. The van der Waals surface area contributed by atoms with Crippen LogP contribution in [0, 0.1) is 5.92 Å². The molecule has 2 aromatic rings. The molecule has 4 rings (SSSR count). The van der Waals surface area contributed by atoms with Crippen molar-refractivity contribution < 1.29 is 32.6 Å². The number of carboxylic acids is 1. The van der Waals surface area contributed by atoms with Gasteiger partial charge in [-0.2, -0.15) is 4.31 Å². The highest BCUT2D eigenvalue weighted by Gasteiger charge is 2.52. The summed E-state index contributed by atoms with van der Waals surface area (Å²) in [5.74, 6) is -0.719. The minimum atomic E-state index is -4.14. The maximum absolute atomic E-state index is 13.9. The third-order valence-corrected chi connectivity index (χ3v) is 9.81. The highest BCUT2D eigenvalue weighted by atomic mass is 32.2. The largest absolute Gasteiger partial charge is 0.496 e. The fraction of sp³-hybridized carbons (Fsp3) is 0.517. The van der Waals surface area contributed by atoms with Crippen LogP contribution in [0.5, 0.6) is 11.5 Å². The Balaban J connectivity index is 1.54. The van der Waals surface area contributed by atoms with E-state index in [1.165, 1.54) is 24.6 Å². The van der Waals surface area contributed by atoms with Crippen molar-refractivity contribution in [3.8, 4) is 11.5 Å². The van der Waals surface area contributed by atoms with Crippen LogP contribution in [0.1, 0.15) is 67.9 Å². The van der Waals surface area contributed by atoms with Crippen LogP contribution >= 0.6 is 0 Å². The summed E-state index contributed by atoms with van der Waals surface area (Å²) >= 11 is 0. The van der Waals surface area contributed by atoms with Crippen LogP contribution in [0.15, 0.2) is 41.3 Å². The van der Waals surface area contributed by atoms with Gasteiger partial charge in [0.2, 0.25) is 10.0 Å². The van der Waals surface area contributed by atoms with Crippen LogP contribution in [-0.4, -0.2) is 62.6 Å². The molecule has 1 aliphatic heterocycles. The summed E-state index contributed by atoms with van der Waals surface area (Å²) in [6.45, 7) is 6.47. The summed E-state index contributed by atoms with van der Waals surface area (Å²) in [6, 6.07) is 9.02. The van der Waals surface area contributed by atoms with Gasteiger partial charge in [-0.3, -0.25) is 9.59 Å². The smallest absolute Gasteiger partial charge is 0.322 e. The maximum atomic E-state index is 13.9. The van der Waals surface area contributed by atoms with Crippen molar-refractivity contribution in [2.24, 2.45) is 5.92 Å². The van der Waals surface area contributed by atoms with Gasteiger partial charge in [-0.25, -0.2) is 8.42 Å². The number of rotatable bonds is 9. The predicted molar refractivity (Wildman–Crippen MR) is 147 cm³/mol. The van der Waals surface area contributed by atoms with E-state index in [0.29, 0.717) is 36.1 Å². The number of carboxylic acid groups (broad SMARTS) is 1. The molecule has 212 valence electrons. The molecule has 39 heavy (non-hydrogen) atoms. The van der Waals surface area contributed by atoms with E-state index in [1.807, 2.05) is 12.1 Å². The zero-order valence-electron chi connectivity index (χ0n) is 23.2. The minimum Gasteiger partial charge on any atom is -0.496 e. The van der Waals surface area contributed by atoms with Crippen LogP contribution in [0.4, 0.5) is 0 Å². The number of hydrogen-bond donors (Lipinski definition) is 2. The van der Waals surface area contributed by atoms with Crippen LogP contribution in [-0.2, 0) is 26.7 Å². The van der Waals surface area contributed by atoms with E-state index in [-0.39, 0.29) is 40.5 Å². The molecule has 1 heterocycles. The standard InChI is InChI=1S/C29H38N2O7S/c1-29(2,3)20-10-12-24(37-4)21(17-20)27(32)30-14-13-18-9-11-25(38-5)26(15-18)39(35,36)31-22-8-6-7-19(22)16-23(31)28(33)34/h9-12,15,17,19,22-23H,6-8,13-14,16H2,1-5H3,(H,30,32)(H,33,34)/t19-,22-,23-/m1/s1. The molecule has 1 saturated carbocycles. The Morgan fingerprint density at radius 3 is 2.38 bits per heavy atom. The zero-order chi connectivity index (χ0) is 28.5. The first-order valence-electron chi connectivity index (χ1n) is 13.3. The quantitative estimate of drug-likeness (QED) is 0.477. The van der Waals surface area contributed by atoms with Gasteiger partial charge in [0.15, 0.2) is 0 Å². The van der Waals surface area contributed by atoms with E-state index in [4.69, 9.17) is 9.47 Å². The number of nitrogens with zero attached hydrogens (tertiary/aromatic N) is 1. The summed E-state index contributed by atoms with van der Waals surface area (Å²) in [7, 11) is -1.23. The zero-order valence-corrected chi connectivity index (χ0v) is 24.0. The van der Waals surface area contributed by atoms with Gasteiger partial charge in [0.1, 0.15) is 22.4 Å². The molecular weight excluding hydrogens is 520 g/mol. The summed E-state index contributed by atoms with van der Waals surface area (Å²) in [5.41, 5.74) is 1.98. The average Bonchev–Trinajstić information content (AvgIpc) is 3.49. The number of nitrogens with one attached hydrogen (secondary N) is 1. The number of amides is 1. The van der Waals surface area contributed by atoms with Crippen molar-refractivity contribution in [1.82, 2.24) is 9.62 Å².